The van der Waals surface area contributed by atoms with E-state index in [1.807, 2.05) is 30.3 Å². The van der Waals surface area contributed by atoms with Crippen LogP contribution in [0.2, 0.25) is 0 Å². The average molecular weight is 222 g/mol. The van der Waals surface area contributed by atoms with Crippen molar-refractivity contribution >= 4 is 5.57 Å². The molecule has 0 spiro atoms. The first-order chi connectivity index (χ1) is 8.43. The molecule has 1 nitrogen and oxygen atoms in total. The number of furan rings is 1. The fourth-order valence-corrected chi connectivity index (χ4v) is 2.05. The highest BCUT2D eigenvalue weighted by atomic mass is 16.3. The monoisotopic (exact) mass is 222 g/mol. The zero-order valence-corrected chi connectivity index (χ0v) is 9.60. The lowest BCUT2D eigenvalue weighted by atomic mass is 10.1. The largest absolute Gasteiger partial charge is 0.456 e. The van der Waals surface area contributed by atoms with Gasteiger partial charge in [-0.2, -0.15) is 0 Å². The molecule has 0 saturated heterocycles. The van der Waals surface area contributed by atoms with Gasteiger partial charge in [-0.05, 0) is 25.0 Å². The molecule has 0 radical (unpaired) electrons. The predicted molar refractivity (Wildman–Crippen MR) is 70.5 cm³/mol. The number of benzene rings is 1. The van der Waals surface area contributed by atoms with Gasteiger partial charge in [-0.15, -0.1) is 0 Å². The molecule has 0 amide bonds. The third-order valence-electron chi connectivity index (χ3n) is 2.94. The van der Waals surface area contributed by atoms with Crippen LogP contribution < -0.4 is 0 Å². The molecule has 0 aliphatic heterocycles. The van der Waals surface area contributed by atoms with E-state index in [2.05, 4.69) is 30.4 Å². The van der Waals surface area contributed by atoms with Crippen LogP contribution in [0.4, 0.5) is 0 Å². The van der Waals surface area contributed by atoms with Crippen LogP contribution in [-0.2, 0) is 0 Å². The molecule has 1 aliphatic carbocycles. The summed E-state index contributed by atoms with van der Waals surface area (Å²) in [5.74, 6) is 1.89. The van der Waals surface area contributed by atoms with Gasteiger partial charge in [0, 0.05) is 11.1 Å². The first-order valence-corrected chi connectivity index (χ1v) is 5.96. The van der Waals surface area contributed by atoms with Gasteiger partial charge >= 0.3 is 0 Å². The highest BCUT2D eigenvalue weighted by Crippen LogP contribution is 2.28. The van der Waals surface area contributed by atoms with E-state index >= 15 is 0 Å². The van der Waals surface area contributed by atoms with Gasteiger partial charge in [-0.1, -0.05) is 48.6 Å². The van der Waals surface area contributed by atoms with Crippen LogP contribution in [0.3, 0.4) is 0 Å². The molecule has 0 saturated carbocycles. The normalized spacial score (nSPS) is 14.7. The molecule has 84 valence electrons. The number of hydrogen-bond acceptors (Lipinski definition) is 1. The summed E-state index contributed by atoms with van der Waals surface area (Å²) >= 11 is 0. The highest BCUT2D eigenvalue weighted by molar-refractivity contribution is 5.73. The van der Waals surface area contributed by atoms with E-state index in [0.717, 1.165) is 29.9 Å². The fourth-order valence-electron chi connectivity index (χ4n) is 2.05. The summed E-state index contributed by atoms with van der Waals surface area (Å²) in [7, 11) is 0. The maximum atomic E-state index is 5.89. The number of allylic oxidation sites excluding steroid dienone is 4. The molecule has 0 atom stereocenters. The van der Waals surface area contributed by atoms with E-state index < -0.39 is 0 Å². The van der Waals surface area contributed by atoms with Crippen molar-refractivity contribution in [3.63, 3.8) is 0 Å². The van der Waals surface area contributed by atoms with Gasteiger partial charge in [0.1, 0.15) is 11.5 Å². The second-order valence-corrected chi connectivity index (χ2v) is 4.17. The lowest BCUT2D eigenvalue weighted by Crippen LogP contribution is -1.82. The molecule has 1 heterocycles. The van der Waals surface area contributed by atoms with Crippen LogP contribution >= 0.6 is 0 Å². The van der Waals surface area contributed by atoms with Gasteiger partial charge in [0.15, 0.2) is 0 Å². The summed E-state index contributed by atoms with van der Waals surface area (Å²) in [6.07, 6.45) is 8.80. The summed E-state index contributed by atoms with van der Waals surface area (Å²) < 4.78 is 5.89. The van der Waals surface area contributed by atoms with Crippen molar-refractivity contribution in [2.75, 3.05) is 0 Å². The van der Waals surface area contributed by atoms with Crippen LogP contribution in [0.1, 0.15) is 18.6 Å². The molecular weight excluding hydrogens is 208 g/mol. The molecule has 1 aromatic heterocycles. The van der Waals surface area contributed by atoms with E-state index in [4.69, 9.17) is 4.42 Å². The van der Waals surface area contributed by atoms with Gasteiger partial charge < -0.3 is 4.42 Å². The van der Waals surface area contributed by atoms with Crippen LogP contribution in [0.15, 0.2) is 65.1 Å². The third kappa shape index (κ3) is 2.09. The molecule has 1 heteroatoms. The SMILES string of the molecule is C1=CC(c2ccc(-c3ccccc3)o2)=CCC1. The zero-order chi connectivity index (χ0) is 11.5. The first-order valence-electron chi connectivity index (χ1n) is 5.96. The van der Waals surface area contributed by atoms with Crippen molar-refractivity contribution in [3.05, 3.63) is 66.5 Å². The lowest BCUT2D eigenvalue weighted by Gasteiger charge is -2.03. The van der Waals surface area contributed by atoms with Gasteiger partial charge in [0.05, 0.1) is 0 Å². The quantitative estimate of drug-likeness (QED) is 0.719. The molecule has 1 aliphatic rings. The van der Waals surface area contributed by atoms with Crippen molar-refractivity contribution in [1.82, 2.24) is 0 Å². The average Bonchev–Trinajstić information content (AvgIpc) is 2.90. The molecule has 0 bridgehead atoms. The second-order valence-electron chi connectivity index (χ2n) is 4.17. The summed E-state index contributed by atoms with van der Waals surface area (Å²) in [6, 6.07) is 14.3. The summed E-state index contributed by atoms with van der Waals surface area (Å²) in [5, 5.41) is 0. The first kappa shape index (κ1) is 10.2. The van der Waals surface area contributed by atoms with E-state index in [0.29, 0.717) is 0 Å². The maximum absolute atomic E-state index is 5.89. The van der Waals surface area contributed by atoms with Crippen LogP contribution in [0, 0.1) is 0 Å². The minimum atomic E-state index is 0.931. The second kappa shape index (κ2) is 4.46. The Morgan fingerprint density at radius 3 is 2.41 bits per heavy atom. The van der Waals surface area contributed by atoms with Crippen molar-refractivity contribution in [3.8, 4) is 11.3 Å². The van der Waals surface area contributed by atoms with Gasteiger partial charge in [-0.3, -0.25) is 0 Å². The smallest absolute Gasteiger partial charge is 0.134 e. The third-order valence-corrected chi connectivity index (χ3v) is 2.94. The minimum absolute atomic E-state index is 0.931. The van der Waals surface area contributed by atoms with Crippen LogP contribution in [-0.4, -0.2) is 0 Å². The maximum Gasteiger partial charge on any atom is 0.134 e. The standard InChI is InChI=1S/C16H14O/c1-3-7-13(8-4-1)15-11-12-16(17-15)14-9-5-2-6-10-14/h1,3-5,7-12H,2,6H2. The number of rotatable bonds is 2. The Balaban J connectivity index is 1.93. The summed E-state index contributed by atoms with van der Waals surface area (Å²) in [6.45, 7) is 0. The van der Waals surface area contributed by atoms with Crippen LogP contribution in [0.25, 0.3) is 16.9 Å². The van der Waals surface area contributed by atoms with Gasteiger partial charge in [0.25, 0.3) is 0 Å². The van der Waals surface area contributed by atoms with Crippen LogP contribution in [0.5, 0.6) is 0 Å². The Morgan fingerprint density at radius 1 is 0.824 bits per heavy atom. The Labute approximate surface area is 101 Å². The molecular formula is C16H14O. The summed E-state index contributed by atoms with van der Waals surface area (Å²) in [5.41, 5.74) is 2.32. The van der Waals surface area contributed by atoms with E-state index in [1.165, 1.54) is 5.57 Å². The molecule has 0 N–H and O–H groups in total. The Kier molecular flexibility index (Phi) is 2.66. The molecule has 2 aromatic rings. The molecule has 0 unspecified atom stereocenters. The molecule has 3 rings (SSSR count). The number of hydrogen-bond donors (Lipinski definition) is 0. The van der Waals surface area contributed by atoms with Crippen molar-refractivity contribution < 1.29 is 4.42 Å². The Hall–Kier alpha value is -2.02. The zero-order valence-electron chi connectivity index (χ0n) is 9.60. The highest BCUT2D eigenvalue weighted by Gasteiger charge is 2.07. The molecule has 17 heavy (non-hydrogen) atoms. The van der Waals surface area contributed by atoms with E-state index in [1.54, 1.807) is 0 Å². The Morgan fingerprint density at radius 2 is 1.65 bits per heavy atom. The predicted octanol–water partition coefficient (Wildman–Crippen LogP) is 4.68. The molecule has 0 fully saturated rings. The molecule has 1 aromatic carbocycles. The van der Waals surface area contributed by atoms with E-state index in [-0.39, 0.29) is 0 Å². The van der Waals surface area contributed by atoms with Gasteiger partial charge in [0.2, 0.25) is 0 Å². The minimum Gasteiger partial charge on any atom is -0.456 e. The topological polar surface area (TPSA) is 13.1 Å². The van der Waals surface area contributed by atoms with Crippen molar-refractivity contribution in [2.24, 2.45) is 0 Å². The summed E-state index contributed by atoms with van der Waals surface area (Å²) in [4.78, 5) is 0. The van der Waals surface area contributed by atoms with Crippen molar-refractivity contribution in [1.29, 1.82) is 0 Å². The Bertz CT molecular complexity index is 558. The van der Waals surface area contributed by atoms with Crippen molar-refractivity contribution in [2.45, 2.75) is 12.8 Å². The van der Waals surface area contributed by atoms with E-state index in [9.17, 15) is 0 Å². The fraction of sp³-hybridized carbons (Fsp3) is 0.125. The lowest BCUT2D eigenvalue weighted by molar-refractivity contribution is 0.568. The van der Waals surface area contributed by atoms with Gasteiger partial charge in [-0.25, -0.2) is 0 Å².